The van der Waals surface area contributed by atoms with E-state index >= 15 is 0 Å². The Morgan fingerprint density at radius 2 is 2.30 bits per heavy atom. The van der Waals surface area contributed by atoms with Crippen molar-refractivity contribution >= 4 is 39.5 Å². The van der Waals surface area contributed by atoms with Crippen molar-refractivity contribution in [3.63, 3.8) is 0 Å². The molecule has 5 heteroatoms. The fraction of sp³-hybridized carbons (Fsp3) is 0.600. The highest BCUT2D eigenvalue weighted by Crippen LogP contribution is 2.30. The topological polar surface area (TPSA) is 21.3 Å². The standard InChI is InChI=1S/C15H22BrNOS2/c1-3-17-13(15-10-19-6-7-20-15)9-11-4-5-14(18-2)12(16)8-11/h4-5,8,13,15,17H,3,6-7,9-10H2,1-2H3. The van der Waals surface area contributed by atoms with Crippen LogP contribution in [0, 0.1) is 0 Å². The molecule has 2 rings (SSSR count). The maximum atomic E-state index is 5.30. The lowest BCUT2D eigenvalue weighted by Gasteiger charge is -2.30. The molecular formula is C15H22BrNOS2. The molecule has 2 atom stereocenters. The molecule has 1 fully saturated rings. The maximum absolute atomic E-state index is 5.30. The van der Waals surface area contributed by atoms with Crippen molar-refractivity contribution in [1.82, 2.24) is 5.32 Å². The summed E-state index contributed by atoms with van der Waals surface area (Å²) in [5.74, 6) is 4.74. The van der Waals surface area contributed by atoms with E-state index in [0.717, 1.165) is 28.4 Å². The van der Waals surface area contributed by atoms with E-state index in [1.807, 2.05) is 6.07 Å². The summed E-state index contributed by atoms with van der Waals surface area (Å²) in [7, 11) is 1.71. The molecule has 1 aliphatic rings. The van der Waals surface area contributed by atoms with Crippen molar-refractivity contribution in [3.8, 4) is 5.75 Å². The van der Waals surface area contributed by atoms with Crippen LogP contribution in [0.1, 0.15) is 12.5 Å². The molecule has 0 radical (unpaired) electrons. The van der Waals surface area contributed by atoms with Crippen LogP contribution < -0.4 is 10.1 Å². The summed E-state index contributed by atoms with van der Waals surface area (Å²) >= 11 is 7.79. The zero-order valence-electron chi connectivity index (χ0n) is 12.0. The number of nitrogens with one attached hydrogen (secondary N) is 1. The number of likely N-dealkylation sites (N-methyl/N-ethyl adjacent to an activating group) is 1. The molecule has 1 N–H and O–H groups in total. The highest BCUT2D eigenvalue weighted by Gasteiger charge is 2.24. The maximum Gasteiger partial charge on any atom is 0.133 e. The number of halogens is 1. The Hall–Kier alpha value is 0.160. The molecule has 0 saturated carbocycles. The predicted molar refractivity (Wildman–Crippen MR) is 95.4 cm³/mol. The Kier molecular flexibility index (Phi) is 7.08. The summed E-state index contributed by atoms with van der Waals surface area (Å²) in [6.45, 7) is 3.22. The van der Waals surface area contributed by atoms with Gasteiger partial charge in [0, 0.05) is 28.6 Å². The average molecular weight is 376 g/mol. The van der Waals surface area contributed by atoms with Crippen LogP contribution in [0.25, 0.3) is 0 Å². The summed E-state index contributed by atoms with van der Waals surface area (Å²) in [6.07, 6.45) is 1.08. The third-order valence-corrected chi connectivity index (χ3v) is 6.97. The fourth-order valence-corrected chi connectivity index (χ4v) is 5.90. The zero-order chi connectivity index (χ0) is 14.4. The molecule has 2 unspecified atom stereocenters. The number of methoxy groups -OCH3 is 1. The summed E-state index contributed by atoms with van der Waals surface area (Å²) in [6, 6.07) is 6.96. The SMILES string of the molecule is CCNC(Cc1ccc(OC)c(Br)c1)C1CSCCS1. The van der Waals surface area contributed by atoms with E-state index in [1.54, 1.807) is 7.11 Å². The van der Waals surface area contributed by atoms with Crippen LogP contribution in [0.4, 0.5) is 0 Å². The first-order chi connectivity index (χ1) is 9.74. The fourth-order valence-electron chi connectivity index (χ4n) is 2.43. The molecule has 1 aromatic carbocycles. The van der Waals surface area contributed by atoms with Crippen LogP contribution in [0.3, 0.4) is 0 Å². The molecular weight excluding hydrogens is 354 g/mol. The van der Waals surface area contributed by atoms with Crippen molar-refractivity contribution < 1.29 is 4.74 Å². The minimum absolute atomic E-state index is 0.554. The minimum Gasteiger partial charge on any atom is -0.496 e. The first-order valence-electron chi connectivity index (χ1n) is 6.99. The molecule has 20 heavy (non-hydrogen) atoms. The van der Waals surface area contributed by atoms with Crippen LogP contribution >= 0.6 is 39.5 Å². The van der Waals surface area contributed by atoms with Gasteiger partial charge in [0.05, 0.1) is 11.6 Å². The van der Waals surface area contributed by atoms with E-state index in [4.69, 9.17) is 4.74 Å². The number of benzene rings is 1. The van der Waals surface area contributed by atoms with Crippen LogP contribution in [0.15, 0.2) is 22.7 Å². The third kappa shape index (κ3) is 4.58. The van der Waals surface area contributed by atoms with E-state index < -0.39 is 0 Å². The van der Waals surface area contributed by atoms with E-state index in [2.05, 4.69) is 63.8 Å². The molecule has 1 saturated heterocycles. The highest BCUT2D eigenvalue weighted by molar-refractivity contribution is 9.10. The van der Waals surface area contributed by atoms with Crippen LogP contribution in [0.2, 0.25) is 0 Å². The van der Waals surface area contributed by atoms with Gasteiger partial charge in [0.2, 0.25) is 0 Å². The van der Waals surface area contributed by atoms with Gasteiger partial charge >= 0.3 is 0 Å². The lowest BCUT2D eigenvalue weighted by atomic mass is 10.0. The normalized spacial score (nSPS) is 20.6. The van der Waals surface area contributed by atoms with Gasteiger partial charge in [-0.2, -0.15) is 23.5 Å². The lowest BCUT2D eigenvalue weighted by Crippen LogP contribution is -2.42. The van der Waals surface area contributed by atoms with E-state index in [0.29, 0.717) is 6.04 Å². The Labute approximate surface area is 138 Å². The minimum atomic E-state index is 0.554. The molecule has 1 aliphatic heterocycles. The van der Waals surface area contributed by atoms with Gasteiger partial charge in [0.25, 0.3) is 0 Å². The average Bonchev–Trinajstić information content (AvgIpc) is 2.48. The second kappa shape index (κ2) is 8.57. The highest BCUT2D eigenvalue weighted by atomic mass is 79.9. The number of hydrogen-bond acceptors (Lipinski definition) is 4. The number of hydrogen-bond donors (Lipinski definition) is 1. The summed E-state index contributed by atoms with van der Waals surface area (Å²) in [5, 5.41) is 4.39. The second-order valence-electron chi connectivity index (χ2n) is 4.82. The summed E-state index contributed by atoms with van der Waals surface area (Å²) < 4.78 is 6.34. The van der Waals surface area contributed by atoms with Gasteiger partial charge in [-0.25, -0.2) is 0 Å². The van der Waals surface area contributed by atoms with Crippen LogP contribution in [0.5, 0.6) is 5.75 Å². The third-order valence-electron chi connectivity index (χ3n) is 3.43. The molecule has 1 aromatic rings. The molecule has 0 amide bonds. The molecule has 0 aromatic heterocycles. The van der Waals surface area contributed by atoms with Gasteiger partial charge in [-0.3, -0.25) is 0 Å². The van der Waals surface area contributed by atoms with Gasteiger partial charge in [-0.15, -0.1) is 0 Å². The Morgan fingerprint density at radius 1 is 1.45 bits per heavy atom. The van der Waals surface area contributed by atoms with Crippen molar-refractivity contribution in [2.45, 2.75) is 24.6 Å². The Morgan fingerprint density at radius 3 is 2.90 bits per heavy atom. The van der Waals surface area contributed by atoms with Gasteiger partial charge in [0.1, 0.15) is 5.75 Å². The predicted octanol–water partition coefficient (Wildman–Crippen LogP) is 3.83. The Balaban J connectivity index is 2.04. The van der Waals surface area contributed by atoms with Crippen LogP contribution in [-0.4, -0.2) is 42.2 Å². The second-order valence-corrected chi connectivity index (χ2v) is 8.17. The smallest absolute Gasteiger partial charge is 0.133 e. The molecule has 0 aliphatic carbocycles. The molecule has 0 spiro atoms. The first-order valence-corrected chi connectivity index (χ1v) is 9.99. The number of ether oxygens (including phenoxy) is 1. The van der Waals surface area contributed by atoms with E-state index in [1.165, 1.54) is 22.8 Å². The summed E-state index contributed by atoms with van der Waals surface area (Å²) in [4.78, 5) is 0. The number of rotatable bonds is 6. The zero-order valence-corrected chi connectivity index (χ0v) is 15.2. The van der Waals surface area contributed by atoms with Gasteiger partial charge in [-0.1, -0.05) is 13.0 Å². The quantitative estimate of drug-likeness (QED) is 0.814. The van der Waals surface area contributed by atoms with E-state index in [-0.39, 0.29) is 0 Å². The van der Waals surface area contributed by atoms with Gasteiger partial charge in [-0.05, 0) is 46.6 Å². The largest absolute Gasteiger partial charge is 0.496 e. The monoisotopic (exact) mass is 375 g/mol. The summed E-state index contributed by atoms with van der Waals surface area (Å²) in [5.41, 5.74) is 1.36. The number of thioether (sulfide) groups is 2. The molecule has 0 bridgehead atoms. The van der Waals surface area contributed by atoms with Crippen molar-refractivity contribution in [2.24, 2.45) is 0 Å². The lowest BCUT2D eigenvalue weighted by molar-refractivity contribution is 0.412. The van der Waals surface area contributed by atoms with Gasteiger partial charge in [0.15, 0.2) is 0 Å². The van der Waals surface area contributed by atoms with Crippen LogP contribution in [-0.2, 0) is 6.42 Å². The molecule has 2 nitrogen and oxygen atoms in total. The van der Waals surface area contributed by atoms with Crippen molar-refractivity contribution in [2.75, 3.05) is 30.9 Å². The van der Waals surface area contributed by atoms with Crippen molar-refractivity contribution in [1.29, 1.82) is 0 Å². The van der Waals surface area contributed by atoms with E-state index in [9.17, 15) is 0 Å². The molecule has 1 heterocycles. The van der Waals surface area contributed by atoms with Crippen molar-refractivity contribution in [3.05, 3.63) is 28.2 Å². The molecule has 112 valence electrons. The van der Waals surface area contributed by atoms with Gasteiger partial charge < -0.3 is 10.1 Å². The Bertz CT molecular complexity index is 424. The first kappa shape index (κ1) is 16.5.